The molecule has 0 unspecified atom stereocenters. The summed E-state index contributed by atoms with van der Waals surface area (Å²) >= 11 is 1.45. The molecule has 1 N–H and O–H groups in total. The van der Waals surface area contributed by atoms with E-state index in [-0.39, 0.29) is 11.1 Å². The predicted octanol–water partition coefficient (Wildman–Crippen LogP) is 3.10. The highest BCUT2D eigenvalue weighted by Gasteiger charge is 2.12. The highest BCUT2D eigenvalue weighted by Crippen LogP contribution is 2.23. The van der Waals surface area contributed by atoms with Crippen LogP contribution in [0.5, 0.6) is 0 Å². The van der Waals surface area contributed by atoms with Gasteiger partial charge >= 0.3 is 0 Å². The molecular weight excluding hydrogens is 310 g/mol. The number of rotatable bonds is 4. The molecule has 0 aliphatic heterocycles. The molecule has 0 aliphatic rings. The Morgan fingerprint density at radius 1 is 1.26 bits per heavy atom. The van der Waals surface area contributed by atoms with Crippen LogP contribution in [0.15, 0.2) is 63.6 Å². The van der Waals surface area contributed by atoms with Crippen molar-refractivity contribution in [2.75, 3.05) is 0 Å². The van der Waals surface area contributed by atoms with E-state index in [1.165, 1.54) is 16.2 Å². The fourth-order valence-electron chi connectivity index (χ4n) is 2.24. The van der Waals surface area contributed by atoms with E-state index in [0.717, 1.165) is 17.3 Å². The van der Waals surface area contributed by atoms with Gasteiger partial charge in [0.2, 0.25) is 0 Å². The number of aromatic nitrogens is 2. The van der Waals surface area contributed by atoms with E-state index in [9.17, 15) is 4.79 Å². The maximum atomic E-state index is 12.6. The van der Waals surface area contributed by atoms with Gasteiger partial charge in [-0.25, -0.2) is 4.98 Å². The van der Waals surface area contributed by atoms with Crippen LogP contribution in [-0.2, 0) is 5.75 Å². The molecule has 5 nitrogen and oxygen atoms in total. The van der Waals surface area contributed by atoms with Crippen molar-refractivity contribution in [1.29, 1.82) is 0 Å². The summed E-state index contributed by atoms with van der Waals surface area (Å²) in [4.78, 5) is 17.1. The summed E-state index contributed by atoms with van der Waals surface area (Å²) in [6, 6.07) is 13.7. The lowest BCUT2D eigenvalue weighted by Gasteiger charge is -2.08. The van der Waals surface area contributed by atoms with E-state index >= 15 is 0 Å². The number of oxime groups is 1. The van der Waals surface area contributed by atoms with Gasteiger partial charge in [-0.3, -0.25) is 9.20 Å². The number of benzene rings is 1. The maximum absolute atomic E-state index is 12.6. The van der Waals surface area contributed by atoms with E-state index < -0.39 is 0 Å². The maximum Gasteiger partial charge on any atom is 0.267 e. The number of pyridine rings is 1. The topological polar surface area (TPSA) is 67.0 Å². The minimum absolute atomic E-state index is 0.243. The van der Waals surface area contributed by atoms with Gasteiger partial charge in [0, 0.05) is 11.9 Å². The highest BCUT2D eigenvalue weighted by atomic mass is 32.2. The van der Waals surface area contributed by atoms with Crippen LogP contribution in [0, 0.1) is 6.92 Å². The van der Waals surface area contributed by atoms with Gasteiger partial charge in [0.1, 0.15) is 10.7 Å². The minimum Gasteiger partial charge on any atom is -0.411 e. The number of hydrogen-bond acceptors (Lipinski definition) is 5. The lowest BCUT2D eigenvalue weighted by molar-refractivity contribution is 0.321. The Balaban J connectivity index is 2.06. The molecule has 0 aliphatic carbocycles. The molecule has 2 heterocycles. The van der Waals surface area contributed by atoms with Crippen molar-refractivity contribution in [3.63, 3.8) is 0 Å². The lowest BCUT2D eigenvalue weighted by atomic mass is 10.2. The predicted molar refractivity (Wildman–Crippen MR) is 91.6 cm³/mol. The van der Waals surface area contributed by atoms with Crippen LogP contribution in [-0.4, -0.2) is 20.8 Å². The van der Waals surface area contributed by atoms with Crippen LogP contribution in [0.25, 0.3) is 5.65 Å². The average Bonchev–Trinajstić information content (AvgIpc) is 2.57. The molecule has 0 radical (unpaired) electrons. The van der Waals surface area contributed by atoms with E-state index in [0.29, 0.717) is 16.4 Å². The first-order valence-electron chi connectivity index (χ1n) is 7.06. The van der Waals surface area contributed by atoms with E-state index in [1.807, 2.05) is 49.4 Å². The normalized spacial score (nSPS) is 11.3. The number of hydrogen-bond donors (Lipinski definition) is 1. The first-order valence-corrected chi connectivity index (χ1v) is 8.05. The Labute approximate surface area is 137 Å². The van der Waals surface area contributed by atoms with Crippen LogP contribution < -0.4 is 5.56 Å². The molecule has 116 valence electrons. The molecule has 3 rings (SSSR count). The molecule has 0 amide bonds. The zero-order valence-electron chi connectivity index (χ0n) is 12.5. The number of aryl methyl sites for hydroxylation is 1. The third kappa shape index (κ3) is 3.27. The second kappa shape index (κ2) is 6.66. The quantitative estimate of drug-likeness (QED) is 0.263. The van der Waals surface area contributed by atoms with Crippen LogP contribution in [0.4, 0.5) is 0 Å². The molecular formula is C17H15N3O2S. The number of nitrogens with zero attached hydrogens (tertiary/aromatic N) is 3. The van der Waals surface area contributed by atoms with Gasteiger partial charge in [0.25, 0.3) is 5.56 Å². The molecule has 23 heavy (non-hydrogen) atoms. The minimum atomic E-state index is -0.243. The van der Waals surface area contributed by atoms with Crippen LogP contribution >= 0.6 is 11.8 Å². The Morgan fingerprint density at radius 2 is 2.04 bits per heavy atom. The molecule has 3 aromatic rings. The fraction of sp³-hybridized carbons (Fsp3) is 0.118. The average molecular weight is 325 g/mol. The lowest BCUT2D eigenvalue weighted by Crippen LogP contribution is -2.21. The molecule has 0 fully saturated rings. The molecule has 6 heteroatoms. The molecule has 1 aromatic carbocycles. The summed E-state index contributed by atoms with van der Waals surface area (Å²) in [6.07, 6.45) is 2.88. The third-order valence-corrected chi connectivity index (χ3v) is 4.44. The molecule has 0 bridgehead atoms. The van der Waals surface area contributed by atoms with Gasteiger partial charge in [-0.15, -0.1) is 11.8 Å². The molecule has 0 saturated heterocycles. The third-order valence-electron chi connectivity index (χ3n) is 3.38. The van der Waals surface area contributed by atoms with Gasteiger partial charge < -0.3 is 5.21 Å². The number of thioether (sulfide) groups is 1. The van der Waals surface area contributed by atoms with Gasteiger partial charge in [0.05, 0.1) is 11.8 Å². The Bertz CT molecular complexity index is 920. The SMILES string of the molecule is Cc1ccc2nc(SCc3ccccc3)c(/C=N\O)c(=O)n2c1. The van der Waals surface area contributed by atoms with Crippen molar-refractivity contribution in [2.45, 2.75) is 17.7 Å². The first-order chi connectivity index (χ1) is 11.2. The Kier molecular flexibility index (Phi) is 4.43. The van der Waals surface area contributed by atoms with Gasteiger partial charge in [-0.2, -0.15) is 0 Å². The van der Waals surface area contributed by atoms with Crippen molar-refractivity contribution in [3.8, 4) is 0 Å². The van der Waals surface area contributed by atoms with Crippen molar-refractivity contribution < 1.29 is 5.21 Å². The van der Waals surface area contributed by atoms with Gasteiger partial charge in [-0.1, -0.05) is 41.6 Å². The summed E-state index contributed by atoms with van der Waals surface area (Å²) in [5.41, 5.74) is 2.71. The van der Waals surface area contributed by atoms with Gasteiger partial charge in [0.15, 0.2) is 0 Å². The highest BCUT2D eigenvalue weighted by molar-refractivity contribution is 7.98. The summed E-state index contributed by atoms with van der Waals surface area (Å²) < 4.78 is 1.47. The summed E-state index contributed by atoms with van der Waals surface area (Å²) in [6.45, 7) is 1.91. The second-order valence-corrected chi connectivity index (χ2v) is 6.05. The molecule has 0 spiro atoms. The molecule has 0 saturated carbocycles. The largest absolute Gasteiger partial charge is 0.411 e. The molecule has 2 aromatic heterocycles. The summed E-state index contributed by atoms with van der Waals surface area (Å²) in [5.74, 6) is 0.682. The van der Waals surface area contributed by atoms with Crippen LogP contribution in [0.1, 0.15) is 16.7 Å². The Hall–Kier alpha value is -2.60. The second-order valence-electron chi connectivity index (χ2n) is 5.09. The fourth-order valence-corrected chi connectivity index (χ4v) is 3.19. The van der Waals surface area contributed by atoms with Crippen LogP contribution in [0.2, 0.25) is 0 Å². The van der Waals surface area contributed by atoms with E-state index in [1.54, 1.807) is 6.20 Å². The van der Waals surface area contributed by atoms with Crippen molar-refractivity contribution >= 4 is 23.6 Å². The van der Waals surface area contributed by atoms with Gasteiger partial charge in [-0.05, 0) is 24.1 Å². The smallest absolute Gasteiger partial charge is 0.267 e. The van der Waals surface area contributed by atoms with Crippen molar-refractivity contribution in [3.05, 3.63) is 75.7 Å². The van der Waals surface area contributed by atoms with Crippen molar-refractivity contribution in [1.82, 2.24) is 9.38 Å². The zero-order valence-corrected chi connectivity index (χ0v) is 13.3. The summed E-state index contributed by atoms with van der Waals surface area (Å²) in [7, 11) is 0. The Morgan fingerprint density at radius 3 is 2.78 bits per heavy atom. The standard InChI is InChI=1S/C17H15N3O2S/c1-12-7-8-15-19-16(23-11-13-5-3-2-4-6-13)14(9-18-22)17(21)20(15)10-12/h2-10,22H,11H2,1H3/b18-9-. The zero-order chi connectivity index (χ0) is 16.2. The van der Waals surface area contributed by atoms with E-state index in [2.05, 4.69) is 10.1 Å². The van der Waals surface area contributed by atoms with E-state index in [4.69, 9.17) is 5.21 Å². The van der Waals surface area contributed by atoms with Crippen molar-refractivity contribution in [2.24, 2.45) is 5.16 Å². The van der Waals surface area contributed by atoms with Crippen LogP contribution in [0.3, 0.4) is 0 Å². The summed E-state index contributed by atoms with van der Waals surface area (Å²) in [5, 5.41) is 12.4. The number of fused-ring (bicyclic) bond motifs is 1. The first kappa shape index (κ1) is 15.3. The molecule has 0 atom stereocenters. The monoisotopic (exact) mass is 325 g/mol.